The minimum absolute atomic E-state index is 0.00454. The molecule has 0 saturated carbocycles. The van der Waals surface area contributed by atoms with Crippen molar-refractivity contribution in [1.82, 2.24) is 25.1 Å². The second-order valence-electron chi connectivity index (χ2n) is 7.94. The van der Waals surface area contributed by atoms with Crippen LogP contribution < -0.4 is 10.6 Å². The van der Waals surface area contributed by atoms with Crippen LogP contribution in [0.4, 0.5) is 5.82 Å². The monoisotopic (exact) mass is 426 g/mol. The Morgan fingerprint density at radius 3 is 2.70 bits per heavy atom. The Morgan fingerprint density at radius 2 is 2.00 bits per heavy atom. The van der Waals surface area contributed by atoms with E-state index in [0.29, 0.717) is 24.8 Å². The number of amides is 1. The highest BCUT2D eigenvalue weighted by Crippen LogP contribution is 2.26. The molecule has 0 unspecified atom stereocenters. The van der Waals surface area contributed by atoms with Gasteiger partial charge in [0.15, 0.2) is 10.8 Å². The third kappa shape index (κ3) is 5.95. The molecule has 1 amide bonds. The molecule has 1 aromatic carbocycles. The number of aromatic nitrogens is 4. The Hall–Kier alpha value is -2.61. The predicted octanol–water partition coefficient (Wildman–Crippen LogP) is 3.81. The number of nitrogens with zero attached hydrogens (tertiary/aromatic N) is 4. The molecule has 8 heteroatoms. The van der Waals surface area contributed by atoms with Crippen LogP contribution in [-0.2, 0) is 17.8 Å². The molecule has 0 spiro atoms. The minimum atomic E-state index is 0.00454. The summed E-state index contributed by atoms with van der Waals surface area (Å²) in [4.78, 5) is 21.7. The van der Waals surface area contributed by atoms with Gasteiger partial charge in [0.25, 0.3) is 0 Å². The lowest BCUT2D eigenvalue weighted by molar-refractivity contribution is -0.120. The number of carbonyl (C=O) groups is 1. The van der Waals surface area contributed by atoms with Crippen LogP contribution in [0.5, 0.6) is 0 Å². The fourth-order valence-corrected chi connectivity index (χ4v) is 3.82. The van der Waals surface area contributed by atoms with Crippen LogP contribution >= 0.6 is 11.8 Å². The van der Waals surface area contributed by atoms with Gasteiger partial charge in [-0.05, 0) is 26.3 Å². The van der Waals surface area contributed by atoms with E-state index in [4.69, 9.17) is 4.98 Å². The fraction of sp³-hybridized carbons (Fsp3) is 0.455. The predicted molar refractivity (Wildman–Crippen MR) is 123 cm³/mol. The van der Waals surface area contributed by atoms with Crippen LogP contribution in [0.1, 0.15) is 38.8 Å². The lowest BCUT2D eigenvalue weighted by atomic mass is 10.1. The number of benzene rings is 1. The molecular formula is C22H30N6OS. The SMILES string of the molecule is Cc1cccc(CC(=O)NCCn2ncc3c(NC(C)C)nc(SC(C)C)nc32)c1. The quantitative estimate of drug-likeness (QED) is 0.400. The molecule has 0 aliphatic carbocycles. The number of thioether (sulfide) groups is 1. The highest BCUT2D eigenvalue weighted by Gasteiger charge is 2.15. The van der Waals surface area contributed by atoms with Gasteiger partial charge in [0.1, 0.15) is 5.82 Å². The smallest absolute Gasteiger partial charge is 0.224 e. The molecule has 3 rings (SSSR count). The lowest BCUT2D eigenvalue weighted by Crippen LogP contribution is -2.29. The molecule has 0 bridgehead atoms. The van der Waals surface area contributed by atoms with Crippen molar-refractivity contribution in [3.63, 3.8) is 0 Å². The van der Waals surface area contributed by atoms with E-state index in [1.54, 1.807) is 18.0 Å². The van der Waals surface area contributed by atoms with E-state index in [9.17, 15) is 4.79 Å². The second-order valence-corrected chi connectivity index (χ2v) is 9.48. The minimum Gasteiger partial charge on any atom is -0.367 e. The van der Waals surface area contributed by atoms with E-state index >= 15 is 0 Å². The largest absolute Gasteiger partial charge is 0.367 e. The summed E-state index contributed by atoms with van der Waals surface area (Å²) in [6.45, 7) is 11.5. The fourth-order valence-electron chi connectivity index (χ4n) is 3.12. The van der Waals surface area contributed by atoms with E-state index in [0.717, 1.165) is 33.1 Å². The van der Waals surface area contributed by atoms with E-state index in [2.05, 4.69) is 48.4 Å². The summed E-state index contributed by atoms with van der Waals surface area (Å²) in [5.41, 5.74) is 2.96. The van der Waals surface area contributed by atoms with Gasteiger partial charge in [0, 0.05) is 17.8 Å². The van der Waals surface area contributed by atoms with E-state index < -0.39 is 0 Å². The van der Waals surface area contributed by atoms with Crippen molar-refractivity contribution >= 4 is 34.5 Å². The first-order valence-corrected chi connectivity index (χ1v) is 11.2. The average molecular weight is 427 g/mol. The summed E-state index contributed by atoms with van der Waals surface area (Å²) in [7, 11) is 0. The summed E-state index contributed by atoms with van der Waals surface area (Å²) >= 11 is 1.62. The first kappa shape index (κ1) is 22.1. The maximum absolute atomic E-state index is 12.3. The molecule has 30 heavy (non-hydrogen) atoms. The van der Waals surface area contributed by atoms with Crippen molar-refractivity contribution in [2.45, 2.75) is 64.0 Å². The Morgan fingerprint density at radius 1 is 1.20 bits per heavy atom. The van der Waals surface area contributed by atoms with Gasteiger partial charge in [-0.1, -0.05) is 55.4 Å². The standard InChI is InChI=1S/C22H30N6OS/c1-14(2)25-20-18-13-24-28(21(18)27-22(26-20)30-15(3)4)10-9-23-19(29)12-17-8-6-7-16(5)11-17/h6-8,11,13-15H,9-10,12H2,1-5H3,(H,23,29)(H,25,26,27). The normalized spacial score (nSPS) is 11.4. The van der Waals surface area contributed by atoms with Crippen LogP contribution in [0, 0.1) is 6.92 Å². The molecule has 0 radical (unpaired) electrons. The van der Waals surface area contributed by atoms with Crippen molar-refractivity contribution in [2.24, 2.45) is 0 Å². The van der Waals surface area contributed by atoms with Gasteiger partial charge in [-0.3, -0.25) is 4.79 Å². The molecule has 2 heterocycles. The van der Waals surface area contributed by atoms with Crippen LogP contribution in [0.3, 0.4) is 0 Å². The van der Waals surface area contributed by atoms with E-state index in [1.165, 1.54) is 0 Å². The van der Waals surface area contributed by atoms with Crippen LogP contribution in [0.2, 0.25) is 0 Å². The summed E-state index contributed by atoms with van der Waals surface area (Å²) in [5.74, 6) is 0.804. The summed E-state index contributed by atoms with van der Waals surface area (Å²) in [6.07, 6.45) is 2.17. The lowest BCUT2D eigenvalue weighted by Gasteiger charge is -2.12. The molecule has 160 valence electrons. The Labute approximate surface area is 182 Å². The van der Waals surface area contributed by atoms with Crippen molar-refractivity contribution in [1.29, 1.82) is 0 Å². The zero-order valence-electron chi connectivity index (χ0n) is 18.3. The van der Waals surface area contributed by atoms with Gasteiger partial charge in [0.2, 0.25) is 5.91 Å². The van der Waals surface area contributed by atoms with Crippen LogP contribution in [0.15, 0.2) is 35.6 Å². The number of fused-ring (bicyclic) bond motifs is 1. The summed E-state index contributed by atoms with van der Waals surface area (Å²) < 4.78 is 1.83. The van der Waals surface area contributed by atoms with Crippen molar-refractivity contribution < 1.29 is 4.79 Å². The van der Waals surface area contributed by atoms with Crippen LogP contribution in [-0.4, -0.2) is 43.5 Å². The number of hydrogen-bond acceptors (Lipinski definition) is 6. The van der Waals surface area contributed by atoms with Crippen LogP contribution in [0.25, 0.3) is 11.0 Å². The van der Waals surface area contributed by atoms with Gasteiger partial charge >= 0.3 is 0 Å². The zero-order valence-corrected chi connectivity index (χ0v) is 19.1. The van der Waals surface area contributed by atoms with Gasteiger partial charge in [-0.15, -0.1) is 0 Å². The van der Waals surface area contributed by atoms with Gasteiger partial charge < -0.3 is 10.6 Å². The van der Waals surface area contributed by atoms with Crippen molar-refractivity contribution in [3.8, 4) is 0 Å². The molecule has 2 N–H and O–H groups in total. The number of rotatable bonds is 9. The Balaban J connectivity index is 1.70. The first-order chi connectivity index (χ1) is 14.3. The highest BCUT2D eigenvalue weighted by atomic mass is 32.2. The number of hydrogen-bond donors (Lipinski definition) is 2. The van der Waals surface area contributed by atoms with Crippen molar-refractivity contribution in [2.75, 3.05) is 11.9 Å². The molecular weight excluding hydrogens is 396 g/mol. The van der Waals surface area contributed by atoms with Gasteiger partial charge in [0.05, 0.1) is 24.5 Å². The maximum Gasteiger partial charge on any atom is 0.224 e. The van der Waals surface area contributed by atoms with Crippen molar-refractivity contribution in [3.05, 3.63) is 41.6 Å². The maximum atomic E-state index is 12.3. The second kappa shape index (κ2) is 9.93. The topological polar surface area (TPSA) is 84.7 Å². The number of carbonyl (C=O) groups excluding carboxylic acids is 1. The first-order valence-electron chi connectivity index (χ1n) is 10.3. The third-order valence-corrected chi connectivity index (χ3v) is 5.20. The summed E-state index contributed by atoms with van der Waals surface area (Å²) in [5, 5.41) is 12.9. The molecule has 0 aliphatic heterocycles. The third-order valence-electron chi connectivity index (χ3n) is 4.34. The number of aryl methyl sites for hydroxylation is 1. The molecule has 0 saturated heterocycles. The van der Waals surface area contributed by atoms with Gasteiger partial charge in [-0.25, -0.2) is 14.6 Å². The molecule has 0 atom stereocenters. The Kier molecular flexibility index (Phi) is 7.31. The molecule has 0 aliphatic rings. The zero-order chi connectivity index (χ0) is 21.7. The average Bonchev–Trinajstić information content (AvgIpc) is 3.04. The number of anilines is 1. The molecule has 7 nitrogen and oxygen atoms in total. The Bertz CT molecular complexity index is 1010. The molecule has 2 aromatic heterocycles. The van der Waals surface area contributed by atoms with E-state index in [-0.39, 0.29) is 11.9 Å². The van der Waals surface area contributed by atoms with E-state index in [1.807, 2.05) is 35.9 Å². The number of nitrogens with one attached hydrogen (secondary N) is 2. The highest BCUT2D eigenvalue weighted by molar-refractivity contribution is 7.99. The molecule has 0 fully saturated rings. The summed E-state index contributed by atoms with van der Waals surface area (Å²) in [6, 6.07) is 8.27. The van der Waals surface area contributed by atoms with Gasteiger partial charge in [-0.2, -0.15) is 5.10 Å². The molecule has 3 aromatic rings.